The number of amides is 2. The number of primary amides is 1. The summed E-state index contributed by atoms with van der Waals surface area (Å²) in [6.45, 7) is 1.61. The Balaban J connectivity index is 1.90. The molecule has 1 aromatic carbocycles. The van der Waals surface area contributed by atoms with Gasteiger partial charge in [-0.15, -0.1) is 0 Å². The van der Waals surface area contributed by atoms with E-state index in [2.05, 4.69) is 5.32 Å². The minimum absolute atomic E-state index is 0.00991. The number of anilines is 1. The van der Waals surface area contributed by atoms with Crippen molar-refractivity contribution in [2.75, 3.05) is 25.4 Å². The molecule has 6 nitrogen and oxygen atoms in total. The summed E-state index contributed by atoms with van der Waals surface area (Å²) in [4.78, 5) is 24.9. The molecule has 1 aliphatic rings. The maximum atomic E-state index is 13.2. The summed E-state index contributed by atoms with van der Waals surface area (Å²) >= 11 is 0. The predicted octanol–water partition coefficient (Wildman–Crippen LogP) is 0.0874. The zero-order chi connectivity index (χ0) is 15.4. The number of likely N-dealkylation sites (tertiary alicyclic amines) is 1. The first kappa shape index (κ1) is 15.2. The summed E-state index contributed by atoms with van der Waals surface area (Å²) in [5.74, 6) is -1.23. The van der Waals surface area contributed by atoms with E-state index in [1.54, 1.807) is 0 Å². The molecule has 114 valence electrons. The normalized spacial score (nSPS) is 16.6. The Labute approximate surface area is 122 Å². The molecule has 0 saturated carbocycles. The molecule has 1 fully saturated rings. The van der Waals surface area contributed by atoms with Gasteiger partial charge in [-0.05, 0) is 31.0 Å². The topological polar surface area (TPSA) is 101 Å². The van der Waals surface area contributed by atoms with Gasteiger partial charge in [0.05, 0.1) is 12.1 Å². The van der Waals surface area contributed by atoms with Crippen LogP contribution in [-0.4, -0.2) is 42.4 Å². The van der Waals surface area contributed by atoms with Crippen LogP contribution in [0.4, 0.5) is 10.1 Å². The van der Waals surface area contributed by atoms with Crippen LogP contribution in [0.5, 0.6) is 0 Å². The Kier molecular flexibility index (Phi) is 4.74. The molecule has 0 aromatic heterocycles. The van der Waals surface area contributed by atoms with Gasteiger partial charge in [0, 0.05) is 24.8 Å². The molecule has 0 atom stereocenters. The van der Waals surface area contributed by atoms with E-state index < -0.39 is 5.82 Å². The first-order valence-corrected chi connectivity index (χ1v) is 6.82. The third kappa shape index (κ3) is 4.16. The fourth-order valence-corrected chi connectivity index (χ4v) is 2.44. The highest BCUT2D eigenvalue weighted by Crippen LogP contribution is 2.15. The van der Waals surface area contributed by atoms with E-state index in [0.29, 0.717) is 25.9 Å². The number of carbonyl (C=O) groups excluding carboxylic acids is 2. The van der Waals surface area contributed by atoms with Crippen molar-refractivity contribution < 1.29 is 14.0 Å². The molecule has 5 N–H and O–H groups in total. The van der Waals surface area contributed by atoms with Gasteiger partial charge >= 0.3 is 0 Å². The van der Waals surface area contributed by atoms with Crippen LogP contribution in [0.2, 0.25) is 0 Å². The highest BCUT2D eigenvalue weighted by atomic mass is 19.1. The highest BCUT2D eigenvalue weighted by Gasteiger charge is 2.22. The lowest BCUT2D eigenvalue weighted by Crippen LogP contribution is -2.46. The first-order valence-electron chi connectivity index (χ1n) is 6.82. The lowest BCUT2D eigenvalue weighted by atomic mass is 10.0. The number of nitrogen functional groups attached to an aromatic ring is 1. The van der Waals surface area contributed by atoms with Gasteiger partial charge < -0.3 is 16.8 Å². The lowest BCUT2D eigenvalue weighted by Gasteiger charge is -2.31. The lowest BCUT2D eigenvalue weighted by molar-refractivity contribution is -0.119. The number of benzene rings is 1. The molecule has 1 aliphatic heterocycles. The average Bonchev–Trinajstić information content (AvgIpc) is 2.43. The van der Waals surface area contributed by atoms with Crippen molar-refractivity contribution >= 4 is 17.5 Å². The summed E-state index contributed by atoms with van der Waals surface area (Å²) in [6, 6.07) is 3.71. The van der Waals surface area contributed by atoms with E-state index in [1.807, 2.05) is 4.90 Å². The van der Waals surface area contributed by atoms with Crippen LogP contribution in [0.1, 0.15) is 23.2 Å². The van der Waals surface area contributed by atoms with E-state index in [1.165, 1.54) is 12.1 Å². The van der Waals surface area contributed by atoms with Crippen LogP contribution in [0.25, 0.3) is 0 Å². The average molecular weight is 294 g/mol. The zero-order valence-corrected chi connectivity index (χ0v) is 11.6. The second kappa shape index (κ2) is 6.53. The number of carbonyl (C=O) groups is 2. The van der Waals surface area contributed by atoms with Crippen LogP contribution in [0.15, 0.2) is 18.2 Å². The van der Waals surface area contributed by atoms with Crippen LogP contribution in [0, 0.1) is 5.82 Å². The van der Waals surface area contributed by atoms with Gasteiger partial charge in [-0.25, -0.2) is 4.39 Å². The third-order valence-electron chi connectivity index (χ3n) is 3.56. The molecule has 0 bridgehead atoms. The number of nitrogens with one attached hydrogen (secondary N) is 1. The largest absolute Gasteiger partial charge is 0.398 e. The SMILES string of the molecule is NC(=O)CN1CCC(NC(=O)c2cc(F)ccc2N)CC1. The number of nitrogens with zero attached hydrogens (tertiary/aromatic N) is 1. The Morgan fingerprint density at radius 2 is 2.00 bits per heavy atom. The van der Waals surface area contributed by atoms with Crippen molar-refractivity contribution in [1.29, 1.82) is 0 Å². The molecule has 1 saturated heterocycles. The summed E-state index contributed by atoms with van der Waals surface area (Å²) in [5.41, 5.74) is 11.2. The highest BCUT2D eigenvalue weighted by molar-refractivity contribution is 5.99. The van der Waals surface area contributed by atoms with E-state index in [4.69, 9.17) is 11.5 Å². The van der Waals surface area contributed by atoms with Gasteiger partial charge in [-0.2, -0.15) is 0 Å². The number of halogens is 1. The monoisotopic (exact) mass is 294 g/mol. The fraction of sp³-hybridized carbons (Fsp3) is 0.429. The quantitative estimate of drug-likeness (QED) is 0.685. The summed E-state index contributed by atoms with van der Waals surface area (Å²) in [7, 11) is 0. The first-order chi connectivity index (χ1) is 9.95. The van der Waals surface area contributed by atoms with Gasteiger partial charge in [-0.3, -0.25) is 14.5 Å². The molecule has 2 rings (SSSR count). The molecule has 2 amide bonds. The molecule has 0 aliphatic carbocycles. The number of piperidine rings is 1. The predicted molar refractivity (Wildman–Crippen MR) is 76.9 cm³/mol. The molecule has 1 aromatic rings. The summed E-state index contributed by atoms with van der Waals surface area (Å²) in [6.07, 6.45) is 1.43. The van der Waals surface area contributed by atoms with E-state index >= 15 is 0 Å². The molecule has 21 heavy (non-hydrogen) atoms. The number of hydrogen-bond donors (Lipinski definition) is 3. The zero-order valence-electron chi connectivity index (χ0n) is 11.6. The minimum Gasteiger partial charge on any atom is -0.398 e. The Morgan fingerprint density at radius 3 is 2.62 bits per heavy atom. The fourth-order valence-electron chi connectivity index (χ4n) is 2.44. The van der Waals surface area contributed by atoms with E-state index in [9.17, 15) is 14.0 Å². The smallest absolute Gasteiger partial charge is 0.253 e. The molecule has 0 unspecified atom stereocenters. The van der Waals surface area contributed by atoms with Gasteiger partial charge in [0.15, 0.2) is 0 Å². The van der Waals surface area contributed by atoms with Crippen LogP contribution in [-0.2, 0) is 4.79 Å². The van der Waals surface area contributed by atoms with Crippen molar-refractivity contribution in [3.63, 3.8) is 0 Å². The van der Waals surface area contributed by atoms with Crippen molar-refractivity contribution in [3.05, 3.63) is 29.6 Å². The van der Waals surface area contributed by atoms with Crippen molar-refractivity contribution in [1.82, 2.24) is 10.2 Å². The molecular formula is C14H19FN4O2. The van der Waals surface area contributed by atoms with Crippen LogP contribution >= 0.6 is 0 Å². The minimum atomic E-state index is -0.495. The van der Waals surface area contributed by atoms with Crippen LogP contribution < -0.4 is 16.8 Å². The molecule has 0 spiro atoms. The maximum Gasteiger partial charge on any atom is 0.253 e. The molecule has 1 heterocycles. The second-order valence-corrected chi connectivity index (χ2v) is 5.22. The molecular weight excluding hydrogens is 275 g/mol. The van der Waals surface area contributed by atoms with Crippen molar-refractivity contribution in [2.24, 2.45) is 5.73 Å². The van der Waals surface area contributed by atoms with Gasteiger partial charge in [-0.1, -0.05) is 0 Å². The Hall–Kier alpha value is -2.15. The Morgan fingerprint density at radius 1 is 1.33 bits per heavy atom. The van der Waals surface area contributed by atoms with Crippen molar-refractivity contribution in [3.8, 4) is 0 Å². The van der Waals surface area contributed by atoms with Crippen LogP contribution in [0.3, 0.4) is 0 Å². The number of nitrogens with two attached hydrogens (primary N) is 2. The summed E-state index contributed by atoms with van der Waals surface area (Å²) in [5, 5.41) is 2.85. The second-order valence-electron chi connectivity index (χ2n) is 5.22. The molecule has 7 heteroatoms. The summed E-state index contributed by atoms with van der Waals surface area (Å²) < 4.78 is 13.2. The van der Waals surface area contributed by atoms with Gasteiger partial charge in [0.25, 0.3) is 5.91 Å². The van der Waals surface area contributed by atoms with E-state index in [0.717, 1.165) is 6.07 Å². The van der Waals surface area contributed by atoms with Crippen molar-refractivity contribution in [2.45, 2.75) is 18.9 Å². The third-order valence-corrected chi connectivity index (χ3v) is 3.56. The van der Waals surface area contributed by atoms with E-state index in [-0.39, 0.29) is 35.7 Å². The maximum absolute atomic E-state index is 13.2. The Bertz CT molecular complexity index is 542. The number of rotatable bonds is 4. The van der Waals surface area contributed by atoms with Gasteiger partial charge in [0.1, 0.15) is 5.82 Å². The number of hydrogen-bond acceptors (Lipinski definition) is 4. The standard InChI is InChI=1S/C14H19FN4O2/c15-9-1-2-12(16)11(7-9)14(21)18-10-3-5-19(6-4-10)8-13(17)20/h1-2,7,10H,3-6,8,16H2,(H2,17,20)(H,18,21). The van der Waals surface area contributed by atoms with Gasteiger partial charge in [0.2, 0.25) is 5.91 Å². The molecule has 0 radical (unpaired) electrons.